The largest absolute Gasteiger partial charge is 0.465 e. The zero-order valence-electron chi connectivity index (χ0n) is 17.2. The van der Waals surface area contributed by atoms with Gasteiger partial charge in [0.25, 0.3) is 0 Å². The number of aromatic nitrogens is 6. The predicted molar refractivity (Wildman–Crippen MR) is 120 cm³/mol. The zero-order valence-corrected chi connectivity index (χ0v) is 17.2. The fourth-order valence-corrected chi connectivity index (χ4v) is 3.84. The van der Waals surface area contributed by atoms with Crippen LogP contribution in [-0.2, 0) is 13.0 Å². The third-order valence-electron chi connectivity index (χ3n) is 5.23. The summed E-state index contributed by atoms with van der Waals surface area (Å²) in [5, 5.41) is 24.6. The van der Waals surface area contributed by atoms with Crippen molar-refractivity contribution in [1.82, 2.24) is 29.4 Å². The van der Waals surface area contributed by atoms with Crippen molar-refractivity contribution in [3.63, 3.8) is 0 Å². The fourth-order valence-electron chi connectivity index (χ4n) is 3.84. The normalized spacial score (nSPS) is 11.2. The molecule has 32 heavy (non-hydrogen) atoms. The van der Waals surface area contributed by atoms with Crippen molar-refractivity contribution in [3.8, 4) is 0 Å². The molecule has 3 N–H and O–H groups in total. The molecule has 0 spiro atoms. The number of carbonyl (C=O) groups is 1. The van der Waals surface area contributed by atoms with Crippen molar-refractivity contribution in [3.05, 3.63) is 72.6 Å². The number of anilines is 3. The van der Waals surface area contributed by atoms with Gasteiger partial charge in [0.2, 0.25) is 0 Å². The van der Waals surface area contributed by atoms with Crippen LogP contribution in [0.3, 0.4) is 0 Å². The summed E-state index contributed by atoms with van der Waals surface area (Å²) < 4.78 is 3.56. The molecule has 0 aliphatic heterocycles. The molecule has 5 rings (SSSR count). The lowest BCUT2D eigenvalue weighted by Gasteiger charge is -2.09. The maximum atomic E-state index is 11.1. The van der Waals surface area contributed by atoms with E-state index < -0.39 is 6.09 Å². The van der Waals surface area contributed by atoms with Crippen LogP contribution in [0.4, 0.5) is 22.0 Å². The van der Waals surface area contributed by atoms with Crippen molar-refractivity contribution >= 4 is 39.7 Å². The molecular weight excluding hydrogens is 408 g/mol. The number of pyridine rings is 1. The van der Waals surface area contributed by atoms with Crippen LogP contribution in [0, 0.1) is 0 Å². The van der Waals surface area contributed by atoms with E-state index in [-0.39, 0.29) is 0 Å². The highest BCUT2D eigenvalue weighted by Gasteiger charge is 2.16. The van der Waals surface area contributed by atoms with Crippen molar-refractivity contribution in [2.45, 2.75) is 19.9 Å². The summed E-state index contributed by atoms with van der Waals surface area (Å²) in [6.07, 6.45) is 8.00. The number of amides is 1. The van der Waals surface area contributed by atoms with Gasteiger partial charge in [-0.15, -0.1) is 0 Å². The third kappa shape index (κ3) is 3.58. The molecule has 0 fully saturated rings. The Kier molecular flexibility index (Phi) is 4.86. The van der Waals surface area contributed by atoms with Crippen molar-refractivity contribution in [2.24, 2.45) is 0 Å². The van der Waals surface area contributed by atoms with Gasteiger partial charge in [0.05, 0.1) is 30.1 Å². The molecule has 0 saturated carbocycles. The molecule has 1 amide bonds. The molecule has 4 aromatic heterocycles. The monoisotopic (exact) mass is 428 g/mol. The van der Waals surface area contributed by atoms with Crippen LogP contribution in [0.2, 0.25) is 0 Å². The third-order valence-corrected chi connectivity index (χ3v) is 5.23. The van der Waals surface area contributed by atoms with E-state index in [0.29, 0.717) is 24.5 Å². The van der Waals surface area contributed by atoms with Crippen molar-refractivity contribution in [2.75, 3.05) is 10.6 Å². The molecule has 0 atom stereocenters. The second-order valence-corrected chi connectivity index (χ2v) is 7.27. The first-order valence-corrected chi connectivity index (χ1v) is 10.1. The van der Waals surface area contributed by atoms with Gasteiger partial charge in [0.1, 0.15) is 11.8 Å². The minimum Gasteiger partial charge on any atom is -0.465 e. The number of hydrogen-bond donors (Lipinski definition) is 3. The van der Waals surface area contributed by atoms with Crippen LogP contribution in [0.1, 0.15) is 18.1 Å². The summed E-state index contributed by atoms with van der Waals surface area (Å²) in [6.45, 7) is 2.60. The number of carboxylic acid groups (broad SMARTS) is 1. The smallest absolute Gasteiger partial charge is 0.409 e. The Bertz CT molecular complexity index is 1420. The Labute approximate surface area is 182 Å². The van der Waals surface area contributed by atoms with Crippen LogP contribution in [0.5, 0.6) is 0 Å². The first-order valence-electron chi connectivity index (χ1n) is 10.1. The van der Waals surface area contributed by atoms with Crippen LogP contribution in [0.25, 0.3) is 16.4 Å². The molecule has 4 heterocycles. The minimum atomic E-state index is -1.12. The van der Waals surface area contributed by atoms with Gasteiger partial charge in [0, 0.05) is 29.0 Å². The first kappa shape index (κ1) is 19.5. The Morgan fingerprint density at radius 3 is 2.88 bits per heavy atom. The molecule has 0 aliphatic carbocycles. The molecule has 160 valence electrons. The molecule has 1 aromatic carbocycles. The quantitative estimate of drug-likeness (QED) is 0.375. The lowest BCUT2D eigenvalue weighted by Crippen LogP contribution is -2.07. The van der Waals surface area contributed by atoms with E-state index in [2.05, 4.69) is 30.8 Å². The minimum absolute atomic E-state index is 0.496. The second-order valence-electron chi connectivity index (χ2n) is 7.27. The standard InChI is InChI=1S/C22H20N8O2/c1-2-17-18(28-22(31)32)12-30-20(17)21(24-13-26-30)27-16-5-6-19-15(8-16)10-25-29(19)11-14-4-3-7-23-9-14/h3-10,12-13,28H,2,11H2,1H3,(H,31,32)(H,24,26,27). The van der Waals surface area contributed by atoms with Gasteiger partial charge in [-0.1, -0.05) is 13.0 Å². The maximum absolute atomic E-state index is 11.1. The first-order chi connectivity index (χ1) is 15.6. The topological polar surface area (TPSA) is 122 Å². The summed E-state index contributed by atoms with van der Waals surface area (Å²) in [7, 11) is 0. The van der Waals surface area contributed by atoms with Crippen LogP contribution < -0.4 is 10.6 Å². The molecule has 0 unspecified atom stereocenters. The predicted octanol–water partition coefficient (Wildman–Crippen LogP) is 3.92. The molecule has 0 radical (unpaired) electrons. The number of nitrogens with zero attached hydrogens (tertiary/aromatic N) is 6. The lowest BCUT2D eigenvalue weighted by atomic mass is 10.2. The number of aryl methyl sites for hydroxylation is 1. The maximum Gasteiger partial charge on any atom is 0.409 e. The van der Waals surface area contributed by atoms with Crippen LogP contribution >= 0.6 is 0 Å². The summed E-state index contributed by atoms with van der Waals surface area (Å²) in [5.41, 5.74) is 4.98. The van der Waals surface area contributed by atoms with Gasteiger partial charge in [-0.25, -0.2) is 14.3 Å². The number of rotatable bonds is 6. The number of hydrogen-bond acceptors (Lipinski definition) is 6. The van der Waals surface area contributed by atoms with E-state index in [1.807, 2.05) is 54.3 Å². The summed E-state index contributed by atoms with van der Waals surface area (Å²) in [6, 6.07) is 9.91. The Morgan fingerprint density at radius 1 is 1.19 bits per heavy atom. The SMILES string of the molecule is CCc1c(NC(=O)O)cn2ncnc(Nc3ccc4c(cnn4Cc4cccnc4)c3)c12. The van der Waals surface area contributed by atoms with Gasteiger partial charge in [0.15, 0.2) is 5.82 Å². The van der Waals surface area contributed by atoms with E-state index in [4.69, 9.17) is 5.11 Å². The summed E-state index contributed by atoms with van der Waals surface area (Å²) in [5.74, 6) is 0.595. The van der Waals surface area contributed by atoms with E-state index in [0.717, 1.165) is 33.2 Å². The molecule has 0 aliphatic rings. The average molecular weight is 428 g/mol. The highest BCUT2D eigenvalue weighted by molar-refractivity contribution is 5.90. The molecule has 0 bridgehead atoms. The summed E-state index contributed by atoms with van der Waals surface area (Å²) in [4.78, 5) is 19.7. The van der Waals surface area contributed by atoms with Gasteiger partial charge in [-0.05, 0) is 36.2 Å². The molecular formula is C22H20N8O2. The molecule has 5 aromatic rings. The number of fused-ring (bicyclic) bond motifs is 2. The van der Waals surface area contributed by atoms with Gasteiger partial charge in [-0.3, -0.25) is 15.0 Å². The van der Waals surface area contributed by atoms with Crippen molar-refractivity contribution in [1.29, 1.82) is 0 Å². The van der Waals surface area contributed by atoms with Gasteiger partial charge >= 0.3 is 6.09 Å². The van der Waals surface area contributed by atoms with E-state index in [9.17, 15) is 4.79 Å². The zero-order chi connectivity index (χ0) is 22.1. The molecule has 0 saturated heterocycles. The van der Waals surface area contributed by atoms with Gasteiger partial charge < -0.3 is 10.4 Å². The molecule has 10 heteroatoms. The fraction of sp³-hybridized carbons (Fsp3) is 0.136. The summed E-state index contributed by atoms with van der Waals surface area (Å²) >= 11 is 0. The van der Waals surface area contributed by atoms with E-state index >= 15 is 0 Å². The van der Waals surface area contributed by atoms with Gasteiger partial charge in [-0.2, -0.15) is 10.2 Å². The molecule has 10 nitrogen and oxygen atoms in total. The Hall–Kier alpha value is -4.47. The Balaban J connectivity index is 1.48. The lowest BCUT2D eigenvalue weighted by molar-refractivity contribution is 0.209. The average Bonchev–Trinajstić information content (AvgIpc) is 3.35. The highest BCUT2D eigenvalue weighted by atomic mass is 16.4. The highest BCUT2D eigenvalue weighted by Crippen LogP contribution is 2.30. The Morgan fingerprint density at radius 2 is 2.09 bits per heavy atom. The number of nitrogens with one attached hydrogen (secondary N) is 2. The van der Waals surface area contributed by atoms with Crippen LogP contribution in [-0.4, -0.2) is 40.6 Å². The second kappa shape index (κ2) is 7.99. The van der Waals surface area contributed by atoms with E-state index in [1.54, 1.807) is 16.9 Å². The number of benzene rings is 1. The van der Waals surface area contributed by atoms with Crippen molar-refractivity contribution < 1.29 is 9.90 Å². The van der Waals surface area contributed by atoms with E-state index in [1.165, 1.54) is 6.33 Å². The van der Waals surface area contributed by atoms with Crippen LogP contribution in [0.15, 0.2) is 61.4 Å².